The third-order valence-electron chi connectivity index (χ3n) is 2.74. The monoisotopic (exact) mass is 265 g/mol. The fraction of sp³-hybridized carbons (Fsp3) is 0.143. The number of rotatable bonds is 4. The molecule has 3 N–H and O–H groups in total. The van der Waals surface area contributed by atoms with Crippen molar-refractivity contribution in [3.05, 3.63) is 59.7 Å². The predicted octanol–water partition coefficient (Wildman–Crippen LogP) is 2.82. The molecule has 0 saturated heterocycles. The van der Waals surface area contributed by atoms with Gasteiger partial charge in [0.1, 0.15) is 5.82 Å². The Labute approximate surface area is 109 Å². The minimum atomic E-state index is -0.753. The number of benzene rings is 2. The zero-order chi connectivity index (χ0) is 13.8. The molecule has 2 aromatic carbocycles. The lowest BCUT2D eigenvalue weighted by atomic mass is 10.1. The Morgan fingerprint density at radius 2 is 1.74 bits per heavy atom. The van der Waals surface area contributed by atoms with Gasteiger partial charge in [0.2, 0.25) is 0 Å². The van der Waals surface area contributed by atoms with E-state index in [4.69, 9.17) is 5.11 Å². The van der Waals surface area contributed by atoms with Crippen LogP contribution < -0.4 is 5.32 Å². The molecule has 2 aromatic rings. The van der Waals surface area contributed by atoms with Crippen molar-refractivity contribution in [2.75, 3.05) is 11.9 Å². The van der Waals surface area contributed by atoms with Gasteiger partial charge in [-0.3, -0.25) is 0 Å². The molecule has 0 saturated carbocycles. The van der Waals surface area contributed by atoms with E-state index in [1.807, 2.05) is 0 Å². The Morgan fingerprint density at radius 3 is 2.32 bits per heavy atom. The molecule has 3 nitrogen and oxygen atoms in total. The third kappa shape index (κ3) is 3.20. The number of phenols is 1. The van der Waals surface area contributed by atoms with E-state index in [2.05, 4.69) is 5.32 Å². The van der Waals surface area contributed by atoms with Gasteiger partial charge in [0.05, 0.1) is 12.6 Å². The number of phenolic OH excluding ortho intramolecular Hbond substituents is 1. The van der Waals surface area contributed by atoms with Crippen molar-refractivity contribution >= 4 is 5.69 Å². The van der Waals surface area contributed by atoms with Crippen LogP contribution in [0.25, 0.3) is 0 Å². The van der Waals surface area contributed by atoms with Crippen LogP contribution in [0, 0.1) is 11.6 Å². The summed E-state index contributed by atoms with van der Waals surface area (Å²) < 4.78 is 26.0. The van der Waals surface area contributed by atoms with Crippen molar-refractivity contribution in [2.24, 2.45) is 0 Å². The molecule has 0 radical (unpaired) electrons. The summed E-state index contributed by atoms with van der Waals surface area (Å²) >= 11 is 0. The van der Waals surface area contributed by atoms with E-state index in [1.165, 1.54) is 36.4 Å². The highest BCUT2D eigenvalue weighted by atomic mass is 19.1. The molecule has 0 aliphatic heterocycles. The van der Waals surface area contributed by atoms with Gasteiger partial charge in [-0.15, -0.1) is 0 Å². The fourth-order valence-corrected chi connectivity index (χ4v) is 1.72. The van der Waals surface area contributed by atoms with Crippen molar-refractivity contribution in [1.29, 1.82) is 0 Å². The molecule has 0 spiro atoms. The largest absolute Gasteiger partial charge is 0.505 e. The first-order valence-electron chi connectivity index (χ1n) is 5.71. The van der Waals surface area contributed by atoms with E-state index in [0.717, 1.165) is 6.07 Å². The molecule has 2 rings (SSSR count). The van der Waals surface area contributed by atoms with E-state index in [-0.39, 0.29) is 12.4 Å². The van der Waals surface area contributed by atoms with E-state index in [9.17, 15) is 13.9 Å². The highest BCUT2D eigenvalue weighted by Crippen LogP contribution is 2.23. The Balaban J connectivity index is 2.19. The molecule has 0 aliphatic rings. The van der Waals surface area contributed by atoms with Gasteiger partial charge in [-0.2, -0.15) is 0 Å². The number of aliphatic hydroxyl groups excluding tert-OH is 1. The van der Waals surface area contributed by atoms with Crippen LogP contribution in [0.1, 0.15) is 11.6 Å². The first-order valence-corrected chi connectivity index (χ1v) is 5.71. The Bertz CT molecular complexity index is 558. The maximum Gasteiger partial charge on any atom is 0.165 e. The molecule has 0 bridgehead atoms. The fourth-order valence-electron chi connectivity index (χ4n) is 1.72. The smallest absolute Gasteiger partial charge is 0.165 e. The van der Waals surface area contributed by atoms with Crippen LogP contribution >= 0.6 is 0 Å². The van der Waals surface area contributed by atoms with Crippen LogP contribution in [-0.2, 0) is 0 Å². The molecule has 5 heteroatoms. The summed E-state index contributed by atoms with van der Waals surface area (Å²) in [5.41, 5.74) is 1.09. The summed E-state index contributed by atoms with van der Waals surface area (Å²) in [5.74, 6) is -1.55. The predicted molar refractivity (Wildman–Crippen MR) is 67.9 cm³/mol. The topological polar surface area (TPSA) is 52.5 Å². The van der Waals surface area contributed by atoms with Crippen LogP contribution in [0.15, 0.2) is 42.5 Å². The summed E-state index contributed by atoms with van der Waals surface area (Å²) in [4.78, 5) is 0. The van der Waals surface area contributed by atoms with Gasteiger partial charge in [-0.1, -0.05) is 6.07 Å². The molecule has 0 heterocycles. The third-order valence-corrected chi connectivity index (χ3v) is 2.74. The number of anilines is 1. The summed E-state index contributed by atoms with van der Waals surface area (Å²) in [7, 11) is 0. The molecule has 0 fully saturated rings. The van der Waals surface area contributed by atoms with Gasteiger partial charge >= 0.3 is 0 Å². The van der Waals surface area contributed by atoms with Crippen molar-refractivity contribution < 1.29 is 19.0 Å². The van der Waals surface area contributed by atoms with Gasteiger partial charge in [0.15, 0.2) is 11.6 Å². The molecule has 19 heavy (non-hydrogen) atoms. The van der Waals surface area contributed by atoms with Crippen LogP contribution in [0.4, 0.5) is 14.5 Å². The quantitative estimate of drug-likeness (QED) is 0.796. The molecular weight excluding hydrogens is 252 g/mol. The van der Waals surface area contributed by atoms with Gasteiger partial charge in [-0.25, -0.2) is 8.78 Å². The lowest BCUT2D eigenvalue weighted by Crippen LogP contribution is -2.15. The van der Waals surface area contributed by atoms with Gasteiger partial charge < -0.3 is 15.5 Å². The number of hydrogen-bond acceptors (Lipinski definition) is 3. The van der Waals surface area contributed by atoms with E-state index in [0.29, 0.717) is 11.3 Å². The Hall–Kier alpha value is -2.14. The first kappa shape index (κ1) is 13.3. The summed E-state index contributed by atoms with van der Waals surface area (Å²) in [6, 6.07) is 8.95. The van der Waals surface area contributed by atoms with Crippen molar-refractivity contribution in [2.45, 2.75) is 6.04 Å². The van der Waals surface area contributed by atoms with E-state index in [1.54, 1.807) is 0 Å². The average molecular weight is 265 g/mol. The van der Waals surface area contributed by atoms with E-state index >= 15 is 0 Å². The summed E-state index contributed by atoms with van der Waals surface area (Å²) in [6.45, 7) is -0.262. The minimum absolute atomic E-state index is 0.262. The summed E-state index contributed by atoms with van der Waals surface area (Å²) in [6.07, 6.45) is 0. The number of hydrogen-bond donors (Lipinski definition) is 3. The average Bonchev–Trinajstić information content (AvgIpc) is 2.41. The second-order valence-electron chi connectivity index (χ2n) is 4.10. The van der Waals surface area contributed by atoms with Crippen molar-refractivity contribution in [3.63, 3.8) is 0 Å². The first-order chi connectivity index (χ1) is 9.10. The number of aromatic hydroxyl groups is 1. The number of halogens is 2. The molecular formula is C14H13F2NO2. The zero-order valence-electron chi connectivity index (χ0n) is 9.98. The molecule has 1 unspecified atom stereocenters. The molecule has 0 aromatic heterocycles. The van der Waals surface area contributed by atoms with Crippen molar-refractivity contribution in [3.8, 4) is 5.75 Å². The van der Waals surface area contributed by atoms with Crippen LogP contribution in [0.3, 0.4) is 0 Å². The zero-order valence-corrected chi connectivity index (χ0v) is 9.98. The van der Waals surface area contributed by atoms with Gasteiger partial charge in [-0.05, 0) is 42.0 Å². The van der Waals surface area contributed by atoms with Gasteiger partial charge in [0, 0.05) is 5.69 Å². The normalized spacial score (nSPS) is 12.2. The SMILES string of the molecule is OCC(Nc1ccc(F)cc1)c1ccc(O)c(F)c1. The standard InChI is InChI=1S/C14H13F2NO2/c15-10-2-4-11(5-3-10)17-13(8-18)9-1-6-14(19)12(16)7-9/h1-7,13,17-19H,8H2. The molecule has 1 atom stereocenters. The van der Waals surface area contributed by atoms with E-state index < -0.39 is 17.6 Å². The summed E-state index contributed by atoms with van der Waals surface area (Å²) in [5, 5.41) is 21.4. The number of nitrogens with one attached hydrogen (secondary N) is 1. The second kappa shape index (κ2) is 5.67. The minimum Gasteiger partial charge on any atom is -0.505 e. The molecule has 0 aliphatic carbocycles. The maximum atomic E-state index is 13.3. The van der Waals surface area contributed by atoms with Crippen LogP contribution in [-0.4, -0.2) is 16.8 Å². The highest BCUT2D eigenvalue weighted by Gasteiger charge is 2.12. The van der Waals surface area contributed by atoms with Crippen molar-refractivity contribution in [1.82, 2.24) is 0 Å². The lowest BCUT2D eigenvalue weighted by Gasteiger charge is -2.18. The number of aliphatic hydroxyl groups is 1. The van der Waals surface area contributed by atoms with Crippen LogP contribution in [0.5, 0.6) is 5.75 Å². The highest BCUT2D eigenvalue weighted by molar-refractivity contribution is 5.46. The molecule has 100 valence electrons. The van der Waals surface area contributed by atoms with Crippen LogP contribution in [0.2, 0.25) is 0 Å². The maximum absolute atomic E-state index is 13.3. The molecule has 0 amide bonds. The Kier molecular flexibility index (Phi) is 3.97. The van der Waals surface area contributed by atoms with Gasteiger partial charge in [0.25, 0.3) is 0 Å². The second-order valence-corrected chi connectivity index (χ2v) is 4.10. The lowest BCUT2D eigenvalue weighted by molar-refractivity contribution is 0.276. The Morgan fingerprint density at radius 1 is 1.05 bits per heavy atom.